The minimum Gasteiger partial charge on any atom is -0.481 e. The van der Waals surface area contributed by atoms with E-state index in [1.165, 1.54) is 0 Å². The average molecular weight is 351 g/mol. The molecule has 0 amide bonds. The Morgan fingerprint density at radius 1 is 1.32 bits per heavy atom. The summed E-state index contributed by atoms with van der Waals surface area (Å²) in [6.45, 7) is 10.2. The molecular weight excluding hydrogens is 318 g/mol. The van der Waals surface area contributed by atoms with E-state index in [9.17, 15) is 14.7 Å². The molecule has 2 rings (SSSR count). The van der Waals surface area contributed by atoms with E-state index in [2.05, 4.69) is 13.5 Å². The number of carbonyl (C=O) groups is 2. The number of carboxylic acids is 2. The van der Waals surface area contributed by atoms with Crippen LogP contribution in [-0.2, 0) is 9.59 Å². The van der Waals surface area contributed by atoms with Gasteiger partial charge in [0.2, 0.25) is 0 Å². The molecule has 0 radical (unpaired) electrons. The van der Waals surface area contributed by atoms with Crippen LogP contribution in [0.2, 0.25) is 0 Å². The first-order chi connectivity index (χ1) is 11.5. The van der Waals surface area contributed by atoms with Crippen LogP contribution in [0.15, 0.2) is 12.2 Å². The van der Waals surface area contributed by atoms with Crippen molar-refractivity contribution in [1.82, 2.24) is 0 Å². The summed E-state index contributed by atoms with van der Waals surface area (Å²) >= 11 is 0. The molecule has 2 aliphatic carbocycles. The predicted octanol–water partition coefficient (Wildman–Crippen LogP) is 3.82. The fraction of sp³-hybridized carbons (Fsp3) is 0.800. The third-order valence-corrected chi connectivity index (χ3v) is 7.36. The summed E-state index contributed by atoms with van der Waals surface area (Å²) in [7, 11) is 0. The smallest absolute Gasteiger partial charge is 0.309 e. The molecule has 0 saturated heterocycles. The van der Waals surface area contributed by atoms with Crippen molar-refractivity contribution in [3.63, 3.8) is 0 Å². The zero-order valence-corrected chi connectivity index (χ0v) is 15.8. The van der Waals surface area contributed by atoms with Crippen molar-refractivity contribution in [3.8, 4) is 0 Å². The van der Waals surface area contributed by atoms with Gasteiger partial charge in [0.1, 0.15) is 0 Å². The lowest BCUT2D eigenvalue weighted by molar-refractivity contribution is -0.165. The molecule has 2 aliphatic rings. The van der Waals surface area contributed by atoms with Gasteiger partial charge in [0.25, 0.3) is 0 Å². The first-order valence-electron chi connectivity index (χ1n) is 9.39. The van der Waals surface area contributed by atoms with E-state index in [1.54, 1.807) is 0 Å². The Kier molecular flexibility index (Phi) is 5.39. The van der Waals surface area contributed by atoms with E-state index in [1.807, 2.05) is 13.8 Å². The Balaban J connectivity index is 2.30. The summed E-state index contributed by atoms with van der Waals surface area (Å²) in [5.74, 6) is -1.44. The van der Waals surface area contributed by atoms with Crippen molar-refractivity contribution in [1.29, 1.82) is 0 Å². The van der Waals surface area contributed by atoms with Crippen LogP contribution >= 0.6 is 0 Å². The van der Waals surface area contributed by atoms with Gasteiger partial charge < -0.3 is 15.9 Å². The van der Waals surface area contributed by atoms with Crippen LogP contribution in [0.5, 0.6) is 0 Å². The topological polar surface area (TPSA) is 101 Å². The summed E-state index contributed by atoms with van der Waals surface area (Å²) in [6.07, 6.45) is 5.55. The summed E-state index contributed by atoms with van der Waals surface area (Å²) < 4.78 is 0. The second kappa shape index (κ2) is 6.75. The molecule has 5 atom stereocenters. The minimum absolute atomic E-state index is 0.0246. The Bertz CT molecular complexity index is 574. The summed E-state index contributed by atoms with van der Waals surface area (Å²) in [6, 6.07) is 0. The number of aliphatic carboxylic acids is 2. The summed E-state index contributed by atoms with van der Waals surface area (Å²) in [4.78, 5) is 23.0. The highest BCUT2D eigenvalue weighted by atomic mass is 16.4. The predicted molar refractivity (Wildman–Crippen MR) is 97.1 cm³/mol. The van der Waals surface area contributed by atoms with Crippen molar-refractivity contribution >= 4 is 11.9 Å². The maximum atomic E-state index is 12.0. The molecule has 5 nitrogen and oxygen atoms in total. The third kappa shape index (κ3) is 3.23. The fourth-order valence-electron chi connectivity index (χ4n) is 5.58. The molecule has 0 aromatic heterocycles. The number of nitrogens with two attached hydrogens (primary N) is 1. The van der Waals surface area contributed by atoms with Crippen molar-refractivity contribution in [3.05, 3.63) is 12.2 Å². The molecular formula is C20H33NO4. The van der Waals surface area contributed by atoms with Gasteiger partial charge in [0.05, 0.1) is 5.41 Å². The highest BCUT2D eigenvalue weighted by Gasteiger charge is 2.62. The van der Waals surface area contributed by atoms with E-state index in [4.69, 9.17) is 10.8 Å². The molecule has 2 saturated carbocycles. The molecule has 2 fully saturated rings. The van der Waals surface area contributed by atoms with Crippen LogP contribution in [0.25, 0.3) is 0 Å². The molecule has 1 unspecified atom stereocenters. The largest absolute Gasteiger partial charge is 0.481 e. The second-order valence-corrected chi connectivity index (χ2v) is 8.90. The molecule has 142 valence electrons. The van der Waals surface area contributed by atoms with Gasteiger partial charge in [0, 0.05) is 12.0 Å². The van der Waals surface area contributed by atoms with Crippen LogP contribution in [0, 0.1) is 22.7 Å². The maximum absolute atomic E-state index is 12.0. The van der Waals surface area contributed by atoms with Crippen molar-refractivity contribution in [2.75, 3.05) is 0 Å². The van der Waals surface area contributed by atoms with Gasteiger partial charge in [-0.3, -0.25) is 9.59 Å². The molecule has 0 bridgehead atoms. The number of hydrogen-bond donors (Lipinski definition) is 3. The lowest BCUT2D eigenvalue weighted by atomic mass is 9.44. The molecule has 0 spiro atoms. The fourth-order valence-corrected chi connectivity index (χ4v) is 5.58. The van der Waals surface area contributed by atoms with Crippen molar-refractivity contribution in [2.24, 2.45) is 28.4 Å². The number of hydrogen-bond acceptors (Lipinski definition) is 3. The van der Waals surface area contributed by atoms with E-state index in [0.717, 1.165) is 31.3 Å². The van der Waals surface area contributed by atoms with Gasteiger partial charge in [-0.25, -0.2) is 0 Å². The molecule has 4 N–H and O–H groups in total. The molecule has 0 aromatic carbocycles. The maximum Gasteiger partial charge on any atom is 0.309 e. The molecule has 25 heavy (non-hydrogen) atoms. The van der Waals surface area contributed by atoms with E-state index < -0.39 is 22.9 Å². The number of fused-ring (bicyclic) bond motifs is 1. The zero-order valence-electron chi connectivity index (χ0n) is 15.8. The Labute approximate surface area is 150 Å². The highest BCUT2D eigenvalue weighted by molar-refractivity contribution is 5.75. The summed E-state index contributed by atoms with van der Waals surface area (Å²) in [5.41, 5.74) is 6.28. The highest BCUT2D eigenvalue weighted by Crippen LogP contribution is 2.62. The van der Waals surface area contributed by atoms with Gasteiger partial charge in [-0.1, -0.05) is 32.4 Å². The normalized spacial score (nSPS) is 39.5. The number of carboxylic acid groups (broad SMARTS) is 2. The van der Waals surface area contributed by atoms with Gasteiger partial charge in [-0.15, -0.1) is 0 Å². The standard InChI is InChI=1S/C20H33NO4/c1-13(12-16(22)23)8-11-20(21)14(2)6-7-15-18(3,17(24)25)9-5-10-19(15,20)4/h13,15H,2,5-12,21H2,1,3-4H3,(H,22,23)(H,24,25)/t13-,15?,18-,19-,20+/m0/s1. The van der Waals surface area contributed by atoms with Crippen LogP contribution in [0.4, 0.5) is 0 Å². The molecule has 0 aliphatic heterocycles. The Morgan fingerprint density at radius 3 is 2.52 bits per heavy atom. The van der Waals surface area contributed by atoms with E-state index in [0.29, 0.717) is 19.3 Å². The lowest BCUT2D eigenvalue weighted by Crippen LogP contribution is -2.65. The van der Waals surface area contributed by atoms with Gasteiger partial charge >= 0.3 is 11.9 Å². The molecule has 0 heterocycles. The second-order valence-electron chi connectivity index (χ2n) is 8.90. The van der Waals surface area contributed by atoms with Crippen molar-refractivity contribution in [2.45, 2.75) is 77.7 Å². The molecule has 0 aromatic rings. The van der Waals surface area contributed by atoms with Crippen LogP contribution in [0.3, 0.4) is 0 Å². The van der Waals surface area contributed by atoms with Gasteiger partial charge in [-0.05, 0) is 62.7 Å². The van der Waals surface area contributed by atoms with E-state index in [-0.39, 0.29) is 23.7 Å². The SMILES string of the molecule is C=C1CCC2[C@](C)(CCC[C@]2(C)C(=O)O)[C@@]1(N)CC[C@H](C)CC(=O)O. The van der Waals surface area contributed by atoms with Crippen LogP contribution in [-0.4, -0.2) is 27.7 Å². The first kappa shape index (κ1) is 20.0. The molecule has 5 heteroatoms. The monoisotopic (exact) mass is 351 g/mol. The third-order valence-electron chi connectivity index (χ3n) is 7.36. The van der Waals surface area contributed by atoms with E-state index >= 15 is 0 Å². The lowest BCUT2D eigenvalue weighted by Gasteiger charge is -2.62. The zero-order chi connectivity index (χ0) is 19.0. The quantitative estimate of drug-likeness (QED) is 0.632. The van der Waals surface area contributed by atoms with Crippen molar-refractivity contribution < 1.29 is 19.8 Å². The van der Waals surface area contributed by atoms with Gasteiger partial charge in [0.15, 0.2) is 0 Å². The number of rotatable bonds is 6. The average Bonchev–Trinajstić information content (AvgIpc) is 2.49. The minimum atomic E-state index is -0.791. The Hall–Kier alpha value is -1.36. The van der Waals surface area contributed by atoms with Gasteiger partial charge in [-0.2, -0.15) is 0 Å². The van der Waals surface area contributed by atoms with Crippen LogP contribution in [0.1, 0.15) is 72.1 Å². The first-order valence-corrected chi connectivity index (χ1v) is 9.39. The van der Waals surface area contributed by atoms with Crippen LogP contribution < -0.4 is 5.73 Å². The summed E-state index contributed by atoms with van der Waals surface area (Å²) in [5, 5.41) is 18.9. The Morgan fingerprint density at radius 2 is 1.96 bits per heavy atom.